The Bertz CT molecular complexity index is 949. The first-order valence-corrected chi connectivity index (χ1v) is 7.49. The van der Waals surface area contributed by atoms with Gasteiger partial charge in [-0.25, -0.2) is 0 Å². The average Bonchev–Trinajstić information content (AvgIpc) is 3.23. The Morgan fingerprint density at radius 3 is 2.20 bits per heavy atom. The molecule has 0 fully saturated rings. The molecule has 0 spiro atoms. The van der Waals surface area contributed by atoms with Gasteiger partial charge in [-0.3, -0.25) is 23.6 Å². The zero-order chi connectivity index (χ0) is 18.1. The summed E-state index contributed by atoms with van der Waals surface area (Å²) in [5.41, 5.74) is 2.19. The van der Waals surface area contributed by atoms with Crippen molar-refractivity contribution in [1.82, 2.24) is 29.3 Å². The van der Waals surface area contributed by atoms with E-state index in [1.165, 1.54) is 15.6 Å². The summed E-state index contributed by atoms with van der Waals surface area (Å²) in [6.07, 6.45) is 4.65. The third-order valence-corrected chi connectivity index (χ3v) is 3.83. The minimum atomic E-state index is -0.416. The van der Waals surface area contributed by atoms with Crippen LogP contribution in [-0.2, 0) is 21.1 Å². The van der Waals surface area contributed by atoms with Crippen LogP contribution in [0.3, 0.4) is 0 Å². The molecule has 10 heteroatoms. The maximum absolute atomic E-state index is 12.6. The van der Waals surface area contributed by atoms with E-state index >= 15 is 0 Å². The van der Waals surface area contributed by atoms with E-state index in [2.05, 4.69) is 25.9 Å². The Labute approximate surface area is 143 Å². The van der Waals surface area contributed by atoms with E-state index in [1.807, 2.05) is 6.92 Å². The van der Waals surface area contributed by atoms with Gasteiger partial charge >= 0.3 is 0 Å². The maximum atomic E-state index is 12.6. The lowest BCUT2D eigenvalue weighted by Crippen LogP contribution is -2.20. The molecule has 0 aliphatic rings. The lowest BCUT2D eigenvalue weighted by Gasteiger charge is -2.08. The van der Waals surface area contributed by atoms with Gasteiger partial charge in [0.25, 0.3) is 11.8 Å². The van der Waals surface area contributed by atoms with E-state index in [9.17, 15) is 9.59 Å². The predicted octanol–water partition coefficient (Wildman–Crippen LogP) is 0.700. The van der Waals surface area contributed by atoms with Crippen molar-refractivity contribution in [2.45, 2.75) is 6.92 Å². The van der Waals surface area contributed by atoms with Crippen molar-refractivity contribution in [2.24, 2.45) is 21.1 Å². The molecule has 130 valence electrons. The minimum Gasteiger partial charge on any atom is -0.318 e. The molecule has 3 rings (SSSR count). The average molecular weight is 342 g/mol. The summed E-state index contributed by atoms with van der Waals surface area (Å²) in [5, 5.41) is 17.6. The van der Waals surface area contributed by atoms with Gasteiger partial charge in [-0.15, -0.1) is 0 Å². The molecule has 10 nitrogen and oxygen atoms in total. The van der Waals surface area contributed by atoms with Crippen LogP contribution < -0.4 is 10.6 Å². The Kier molecular flexibility index (Phi) is 4.09. The van der Waals surface area contributed by atoms with Gasteiger partial charge < -0.3 is 10.6 Å². The summed E-state index contributed by atoms with van der Waals surface area (Å²) in [4.78, 5) is 24.9. The molecular weight excluding hydrogens is 324 g/mol. The third kappa shape index (κ3) is 3.13. The molecule has 0 saturated heterocycles. The van der Waals surface area contributed by atoms with E-state index < -0.39 is 11.8 Å². The Hall–Kier alpha value is -3.43. The quantitative estimate of drug-likeness (QED) is 0.725. The van der Waals surface area contributed by atoms with E-state index in [4.69, 9.17) is 0 Å². The number of aryl methyl sites for hydroxylation is 3. The van der Waals surface area contributed by atoms with Gasteiger partial charge in [0, 0.05) is 27.3 Å². The van der Waals surface area contributed by atoms with Crippen LogP contribution in [0.5, 0.6) is 0 Å². The van der Waals surface area contributed by atoms with Crippen molar-refractivity contribution >= 4 is 23.2 Å². The smallest absolute Gasteiger partial charge is 0.276 e. The standard InChI is InChI=1S/C15H18N8O2/c1-9-11(7-16-22(9)3)18-15(25)13-12(8-17-23(13)4)19-14(24)10-5-6-21(2)20-10/h5-8H,1-4H3,(H,18,25)(H,19,24). The minimum absolute atomic E-state index is 0.229. The van der Waals surface area contributed by atoms with Crippen LogP contribution >= 0.6 is 0 Å². The van der Waals surface area contributed by atoms with Crippen molar-refractivity contribution in [2.75, 3.05) is 10.6 Å². The monoisotopic (exact) mass is 342 g/mol. The van der Waals surface area contributed by atoms with Crippen molar-refractivity contribution < 1.29 is 9.59 Å². The van der Waals surface area contributed by atoms with Crippen molar-refractivity contribution in [3.8, 4) is 0 Å². The largest absolute Gasteiger partial charge is 0.318 e. The van der Waals surface area contributed by atoms with Crippen LogP contribution in [0.2, 0.25) is 0 Å². The van der Waals surface area contributed by atoms with Crippen molar-refractivity contribution in [3.05, 3.63) is 41.7 Å². The van der Waals surface area contributed by atoms with Gasteiger partial charge in [-0.2, -0.15) is 15.3 Å². The fourth-order valence-corrected chi connectivity index (χ4v) is 2.32. The van der Waals surface area contributed by atoms with Crippen molar-refractivity contribution in [1.29, 1.82) is 0 Å². The first kappa shape index (κ1) is 16.4. The number of carbonyl (C=O) groups is 2. The summed E-state index contributed by atoms with van der Waals surface area (Å²) in [5.74, 6) is -0.812. The zero-order valence-electron chi connectivity index (χ0n) is 14.3. The number of rotatable bonds is 4. The van der Waals surface area contributed by atoms with E-state index in [0.717, 1.165) is 5.69 Å². The molecule has 0 aromatic carbocycles. The highest BCUT2D eigenvalue weighted by Crippen LogP contribution is 2.19. The first-order valence-electron chi connectivity index (χ1n) is 7.49. The number of hydrogen-bond acceptors (Lipinski definition) is 5. The van der Waals surface area contributed by atoms with Crippen LogP contribution in [0.4, 0.5) is 11.4 Å². The number of anilines is 2. The molecule has 0 unspecified atom stereocenters. The number of aromatic nitrogens is 6. The molecule has 0 radical (unpaired) electrons. The Morgan fingerprint density at radius 2 is 1.60 bits per heavy atom. The predicted molar refractivity (Wildman–Crippen MR) is 90.3 cm³/mol. The Balaban J connectivity index is 1.82. The fourth-order valence-electron chi connectivity index (χ4n) is 2.32. The number of nitrogens with one attached hydrogen (secondary N) is 2. The molecule has 0 saturated carbocycles. The highest BCUT2D eigenvalue weighted by molar-refractivity contribution is 6.11. The molecule has 3 aromatic heterocycles. The van der Waals surface area contributed by atoms with E-state index in [1.54, 1.807) is 44.3 Å². The topological polar surface area (TPSA) is 112 Å². The molecule has 2 amide bonds. The molecule has 3 heterocycles. The number of hydrogen-bond donors (Lipinski definition) is 2. The zero-order valence-corrected chi connectivity index (χ0v) is 14.3. The van der Waals surface area contributed by atoms with Crippen molar-refractivity contribution in [3.63, 3.8) is 0 Å². The van der Waals surface area contributed by atoms with Crippen LogP contribution in [0, 0.1) is 6.92 Å². The third-order valence-electron chi connectivity index (χ3n) is 3.83. The second-order valence-electron chi connectivity index (χ2n) is 5.58. The summed E-state index contributed by atoms with van der Waals surface area (Å²) in [6, 6.07) is 1.59. The van der Waals surface area contributed by atoms with Crippen LogP contribution in [0.25, 0.3) is 0 Å². The van der Waals surface area contributed by atoms with Crippen LogP contribution in [0.15, 0.2) is 24.7 Å². The number of carbonyl (C=O) groups excluding carboxylic acids is 2. The van der Waals surface area contributed by atoms with Gasteiger partial charge in [0.2, 0.25) is 0 Å². The normalized spacial score (nSPS) is 10.7. The molecule has 2 N–H and O–H groups in total. The summed E-state index contributed by atoms with van der Waals surface area (Å²) >= 11 is 0. The highest BCUT2D eigenvalue weighted by atomic mass is 16.2. The van der Waals surface area contributed by atoms with Gasteiger partial charge in [0.05, 0.1) is 29.5 Å². The second-order valence-corrected chi connectivity index (χ2v) is 5.58. The molecule has 25 heavy (non-hydrogen) atoms. The molecule has 0 atom stereocenters. The summed E-state index contributed by atoms with van der Waals surface area (Å²) in [7, 11) is 5.13. The first-order chi connectivity index (χ1) is 11.9. The molecule has 0 aliphatic carbocycles. The Morgan fingerprint density at radius 1 is 0.960 bits per heavy atom. The van der Waals surface area contributed by atoms with Gasteiger partial charge in [-0.1, -0.05) is 0 Å². The second kappa shape index (κ2) is 6.23. The number of nitrogens with zero attached hydrogens (tertiary/aromatic N) is 6. The molecule has 3 aromatic rings. The van der Waals surface area contributed by atoms with Crippen LogP contribution in [-0.4, -0.2) is 41.2 Å². The van der Waals surface area contributed by atoms with E-state index in [-0.39, 0.29) is 11.4 Å². The summed E-state index contributed by atoms with van der Waals surface area (Å²) in [6.45, 7) is 1.84. The molecule has 0 bridgehead atoms. The van der Waals surface area contributed by atoms with Gasteiger partial charge in [0.15, 0.2) is 5.69 Å². The maximum Gasteiger partial charge on any atom is 0.276 e. The van der Waals surface area contributed by atoms with Gasteiger partial charge in [0.1, 0.15) is 5.69 Å². The van der Waals surface area contributed by atoms with Gasteiger partial charge in [-0.05, 0) is 13.0 Å². The number of amides is 2. The van der Waals surface area contributed by atoms with Crippen LogP contribution in [0.1, 0.15) is 26.7 Å². The van der Waals surface area contributed by atoms with E-state index in [0.29, 0.717) is 11.4 Å². The highest BCUT2D eigenvalue weighted by Gasteiger charge is 2.21. The lowest BCUT2D eigenvalue weighted by atomic mass is 10.3. The summed E-state index contributed by atoms with van der Waals surface area (Å²) < 4.78 is 4.58. The lowest BCUT2D eigenvalue weighted by molar-refractivity contribution is 0.101. The molecule has 0 aliphatic heterocycles. The SMILES string of the molecule is Cc1c(NC(=O)c2c(NC(=O)c3ccn(C)n3)cnn2C)cnn1C. The molecular formula is C15H18N8O2. The fraction of sp³-hybridized carbons (Fsp3) is 0.267.